The predicted molar refractivity (Wildman–Crippen MR) is 72.5 cm³/mol. The summed E-state index contributed by atoms with van der Waals surface area (Å²) >= 11 is 0. The Hall–Kier alpha value is -1.16. The number of rotatable bonds is 4. The number of aromatic nitrogens is 2. The van der Waals surface area contributed by atoms with Gasteiger partial charge >= 0.3 is 0 Å². The second-order valence-electron chi connectivity index (χ2n) is 5.87. The molecule has 1 aromatic rings. The topological polar surface area (TPSA) is 41.1 Å². The van der Waals surface area contributed by atoms with Gasteiger partial charge in [-0.2, -0.15) is 0 Å². The third kappa shape index (κ3) is 2.64. The smallest absolute Gasteiger partial charge is 0.147 e. The number of nitrogens with zero attached hydrogens (tertiary/aromatic N) is 3. The van der Waals surface area contributed by atoms with E-state index in [0.29, 0.717) is 6.04 Å². The van der Waals surface area contributed by atoms with E-state index in [9.17, 15) is 0 Å². The van der Waals surface area contributed by atoms with Crippen LogP contribution in [0.2, 0.25) is 0 Å². The highest BCUT2D eigenvalue weighted by Crippen LogP contribution is 2.27. The molecule has 1 aromatic heterocycles. The minimum atomic E-state index is 0.584. The van der Waals surface area contributed by atoms with Crippen molar-refractivity contribution in [3.63, 3.8) is 0 Å². The van der Waals surface area contributed by atoms with Crippen molar-refractivity contribution in [2.24, 2.45) is 5.92 Å². The minimum Gasteiger partial charge on any atom is -0.352 e. The summed E-state index contributed by atoms with van der Waals surface area (Å²) in [5, 5.41) is 3.49. The highest BCUT2D eigenvalue weighted by molar-refractivity contribution is 5.39. The largest absolute Gasteiger partial charge is 0.352 e. The summed E-state index contributed by atoms with van der Waals surface area (Å²) in [5.74, 6) is 1.80. The molecule has 1 saturated heterocycles. The van der Waals surface area contributed by atoms with Crippen LogP contribution in [0, 0.1) is 5.92 Å². The zero-order valence-corrected chi connectivity index (χ0v) is 11.3. The molecular weight excluding hydrogens is 224 g/mol. The third-order valence-corrected chi connectivity index (χ3v) is 3.90. The Bertz CT molecular complexity index is 416. The second-order valence-corrected chi connectivity index (χ2v) is 5.87. The lowest BCUT2D eigenvalue weighted by atomic mass is 10.1. The van der Waals surface area contributed by atoms with Gasteiger partial charge in [-0.3, -0.25) is 4.98 Å². The van der Waals surface area contributed by atoms with Crippen LogP contribution < -0.4 is 10.2 Å². The van der Waals surface area contributed by atoms with Gasteiger partial charge < -0.3 is 10.2 Å². The van der Waals surface area contributed by atoms with Crippen molar-refractivity contribution in [3.05, 3.63) is 18.1 Å². The van der Waals surface area contributed by atoms with Crippen molar-refractivity contribution in [1.29, 1.82) is 0 Å². The monoisotopic (exact) mass is 246 g/mol. The van der Waals surface area contributed by atoms with Gasteiger partial charge in [-0.25, -0.2) is 4.98 Å². The van der Waals surface area contributed by atoms with E-state index in [1.54, 1.807) is 0 Å². The van der Waals surface area contributed by atoms with Crippen LogP contribution in [0.3, 0.4) is 0 Å². The van der Waals surface area contributed by atoms with E-state index in [1.807, 2.05) is 12.4 Å². The van der Waals surface area contributed by atoms with Gasteiger partial charge in [0.2, 0.25) is 0 Å². The summed E-state index contributed by atoms with van der Waals surface area (Å²) in [6, 6.07) is 1.31. The molecule has 1 N–H and O–H groups in total. The summed E-state index contributed by atoms with van der Waals surface area (Å²) < 4.78 is 0. The summed E-state index contributed by atoms with van der Waals surface area (Å²) in [4.78, 5) is 11.5. The molecule has 2 aliphatic rings. The van der Waals surface area contributed by atoms with Crippen LogP contribution >= 0.6 is 0 Å². The predicted octanol–water partition coefficient (Wildman–Crippen LogP) is 1.96. The number of hydrogen-bond acceptors (Lipinski definition) is 4. The molecular formula is C14H22N4. The molecule has 98 valence electrons. The molecule has 0 amide bonds. The molecule has 1 aliphatic carbocycles. The van der Waals surface area contributed by atoms with E-state index in [-0.39, 0.29) is 0 Å². The van der Waals surface area contributed by atoms with Gasteiger partial charge in [0.05, 0.1) is 11.9 Å². The van der Waals surface area contributed by atoms with Crippen molar-refractivity contribution in [2.75, 3.05) is 11.4 Å². The third-order valence-electron chi connectivity index (χ3n) is 3.90. The van der Waals surface area contributed by atoms with Crippen LogP contribution in [0.25, 0.3) is 0 Å². The SMILES string of the molecule is CC1CC(C)N(c2cncc(CNC3CC3)n2)C1. The Balaban J connectivity index is 1.69. The lowest BCUT2D eigenvalue weighted by molar-refractivity contribution is 0.624. The van der Waals surface area contributed by atoms with Crippen molar-refractivity contribution in [2.45, 2.75) is 51.7 Å². The summed E-state index contributed by atoms with van der Waals surface area (Å²) in [7, 11) is 0. The standard InChI is InChI=1S/C14H22N4/c1-10-5-11(2)18(9-10)14-8-15-6-13(17-14)7-16-12-3-4-12/h6,8,10-12,16H,3-5,7,9H2,1-2H3. The zero-order chi connectivity index (χ0) is 12.5. The zero-order valence-electron chi connectivity index (χ0n) is 11.3. The Kier molecular flexibility index (Phi) is 3.20. The fourth-order valence-electron chi connectivity index (χ4n) is 2.77. The number of hydrogen-bond donors (Lipinski definition) is 1. The molecule has 3 rings (SSSR count). The van der Waals surface area contributed by atoms with Gasteiger partial charge in [0, 0.05) is 31.4 Å². The van der Waals surface area contributed by atoms with Crippen molar-refractivity contribution in [3.8, 4) is 0 Å². The Morgan fingerprint density at radius 3 is 2.83 bits per heavy atom. The van der Waals surface area contributed by atoms with Crippen LogP contribution in [-0.4, -0.2) is 28.6 Å². The average molecular weight is 246 g/mol. The van der Waals surface area contributed by atoms with E-state index in [0.717, 1.165) is 36.6 Å². The molecule has 4 heteroatoms. The normalized spacial score (nSPS) is 27.8. The summed E-state index contributed by atoms with van der Waals surface area (Å²) in [6.07, 6.45) is 7.66. The van der Waals surface area contributed by atoms with Crippen LogP contribution in [0.4, 0.5) is 5.82 Å². The van der Waals surface area contributed by atoms with Gasteiger partial charge in [-0.15, -0.1) is 0 Å². The first kappa shape index (κ1) is 11.9. The van der Waals surface area contributed by atoms with Gasteiger partial charge in [0.1, 0.15) is 5.82 Å². The lowest BCUT2D eigenvalue weighted by Gasteiger charge is -2.22. The Labute approximate surface area is 109 Å². The Morgan fingerprint density at radius 1 is 1.33 bits per heavy atom. The maximum Gasteiger partial charge on any atom is 0.147 e. The van der Waals surface area contributed by atoms with Crippen LogP contribution in [0.5, 0.6) is 0 Å². The van der Waals surface area contributed by atoms with E-state index < -0.39 is 0 Å². The van der Waals surface area contributed by atoms with Crippen LogP contribution in [-0.2, 0) is 6.54 Å². The molecule has 0 spiro atoms. The maximum atomic E-state index is 4.74. The molecule has 0 radical (unpaired) electrons. The fraction of sp³-hybridized carbons (Fsp3) is 0.714. The molecule has 0 bridgehead atoms. The molecule has 4 nitrogen and oxygen atoms in total. The van der Waals surface area contributed by atoms with Gasteiger partial charge in [-0.1, -0.05) is 6.92 Å². The average Bonchev–Trinajstić information content (AvgIpc) is 3.12. The first-order valence-corrected chi connectivity index (χ1v) is 7.03. The molecule has 18 heavy (non-hydrogen) atoms. The number of nitrogens with one attached hydrogen (secondary N) is 1. The van der Waals surface area contributed by atoms with Crippen molar-refractivity contribution in [1.82, 2.24) is 15.3 Å². The molecule has 1 saturated carbocycles. The second kappa shape index (κ2) is 4.84. The molecule has 2 fully saturated rings. The van der Waals surface area contributed by atoms with Gasteiger partial charge in [0.25, 0.3) is 0 Å². The lowest BCUT2D eigenvalue weighted by Crippen LogP contribution is -2.28. The molecule has 1 aliphatic heterocycles. The highest BCUT2D eigenvalue weighted by atomic mass is 15.2. The molecule has 2 heterocycles. The van der Waals surface area contributed by atoms with E-state index in [1.165, 1.54) is 19.3 Å². The maximum absolute atomic E-state index is 4.74. The van der Waals surface area contributed by atoms with E-state index in [4.69, 9.17) is 4.98 Å². The van der Waals surface area contributed by atoms with Gasteiger partial charge in [0.15, 0.2) is 0 Å². The molecule has 2 unspecified atom stereocenters. The molecule has 0 aromatic carbocycles. The first-order chi connectivity index (χ1) is 8.72. The van der Waals surface area contributed by atoms with Crippen LogP contribution in [0.15, 0.2) is 12.4 Å². The van der Waals surface area contributed by atoms with E-state index >= 15 is 0 Å². The highest BCUT2D eigenvalue weighted by Gasteiger charge is 2.27. The van der Waals surface area contributed by atoms with Crippen LogP contribution in [0.1, 0.15) is 38.8 Å². The van der Waals surface area contributed by atoms with E-state index in [2.05, 4.69) is 29.0 Å². The first-order valence-electron chi connectivity index (χ1n) is 7.03. The van der Waals surface area contributed by atoms with Gasteiger partial charge in [-0.05, 0) is 32.1 Å². The Morgan fingerprint density at radius 2 is 2.17 bits per heavy atom. The summed E-state index contributed by atoms with van der Waals surface area (Å²) in [5.41, 5.74) is 1.06. The minimum absolute atomic E-state index is 0.584. The number of anilines is 1. The fourth-order valence-corrected chi connectivity index (χ4v) is 2.77. The molecule has 2 atom stereocenters. The summed E-state index contributed by atoms with van der Waals surface area (Å²) in [6.45, 7) is 6.54. The van der Waals surface area contributed by atoms with Crippen molar-refractivity contribution >= 4 is 5.82 Å². The van der Waals surface area contributed by atoms with Crippen molar-refractivity contribution < 1.29 is 0 Å². The quantitative estimate of drug-likeness (QED) is 0.882.